The minimum Gasteiger partial charge on any atom is -0.331 e. The molecule has 3 aromatic rings. The number of fused-ring (bicyclic) bond motifs is 3. The van der Waals surface area contributed by atoms with Crippen molar-refractivity contribution >= 4 is 0 Å². The van der Waals surface area contributed by atoms with E-state index < -0.39 is 0 Å². The normalized spacial score (nSPS) is 24.3. The van der Waals surface area contributed by atoms with Gasteiger partial charge in [0, 0.05) is 35.5 Å². The molecule has 3 saturated carbocycles. The zero-order chi connectivity index (χ0) is 18.4. The van der Waals surface area contributed by atoms with Crippen molar-refractivity contribution in [1.29, 1.82) is 0 Å². The van der Waals surface area contributed by atoms with E-state index in [1.807, 2.05) is 13.2 Å². The second kappa shape index (κ2) is 6.25. The molecule has 3 aliphatic carbocycles. The first-order chi connectivity index (χ1) is 13.1. The molecule has 0 amide bonds. The number of aryl methyl sites for hydroxylation is 1. The Morgan fingerprint density at radius 3 is 2.44 bits per heavy atom. The van der Waals surface area contributed by atoms with Crippen molar-refractivity contribution in [3.63, 3.8) is 0 Å². The van der Waals surface area contributed by atoms with Gasteiger partial charge >= 0.3 is 0 Å². The maximum Gasteiger partial charge on any atom is 0.163 e. The van der Waals surface area contributed by atoms with Gasteiger partial charge in [0.05, 0.1) is 0 Å². The fraction of sp³-hybridized carbons (Fsp3) is 0.455. The topological polar surface area (TPSA) is 56.5 Å². The maximum absolute atomic E-state index is 4.95. The van der Waals surface area contributed by atoms with E-state index in [4.69, 9.17) is 4.98 Å². The number of imidazole rings is 1. The van der Waals surface area contributed by atoms with Crippen LogP contribution in [0.5, 0.6) is 0 Å². The third-order valence-electron chi connectivity index (χ3n) is 6.74. The highest BCUT2D eigenvalue weighted by Crippen LogP contribution is 2.50. The molecule has 2 heterocycles. The quantitative estimate of drug-likeness (QED) is 0.692. The zero-order valence-electron chi connectivity index (χ0n) is 16.0. The molecule has 0 radical (unpaired) electrons. The molecule has 1 aromatic carbocycles. The molecule has 138 valence electrons. The van der Waals surface area contributed by atoms with Gasteiger partial charge in [0.2, 0.25) is 0 Å². The fourth-order valence-electron chi connectivity index (χ4n) is 4.84. The van der Waals surface area contributed by atoms with Crippen molar-refractivity contribution in [2.45, 2.75) is 50.9 Å². The molecule has 0 spiro atoms. The van der Waals surface area contributed by atoms with Crippen LogP contribution in [-0.4, -0.2) is 24.5 Å². The molecule has 0 aliphatic heterocycles. The number of aromatic nitrogens is 5. The van der Waals surface area contributed by atoms with Crippen LogP contribution in [0.3, 0.4) is 0 Å². The van der Waals surface area contributed by atoms with Crippen LogP contribution in [0, 0.1) is 12.8 Å². The van der Waals surface area contributed by atoms with Gasteiger partial charge in [-0.2, -0.15) is 0 Å². The first-order valence-corrected chi connectivity index (χ1v) is 9.93. The molecule has 0 saturated heterocycles. The van der Waals surface area contributed by atoms with Crippen LogP contribution in [0.25, 0.3) is 22.8 Å². The molecule has 0 unspecified atom stereocenters. The molecule has 2 bridgehead atoms. The third kappa shape index (κ3) is 2.76. The summed E-state index contributed by atoms with van der Waals surface area (Å²) in [6.07, 6.45) is 11.3. The van der Waals surface area contributed by atoms with Crippen molar-refractivity contribution in [1.82, 2.24) is 24.5 Å². The molecular formula is C22H25N5. The number of hydrogen-bond donors (Lipinski definition) is 0. The van der Waals surface area contributed by atoms with Gasteiger partial charge in [-0.15, -0.1) is 0 Å². The fourth-order valence-corrected chi connectivity index (χ4v) is 4.84. The standard InChI is InChI=1S/C22H25N5/c1-15-13-23-20(27(15)2)18-5-3-4-17(12-18)19-24-14-25-21(26-19)22-9-6-16(7-10-22)8-11-22/h3-5,12-14,16H,6-11H2,1-2H3. The van der Waals surface area contributed by atoms with Crippen LogP contribution in [0.15, 0.2) is 36.8 Å². The van der Waals surface area contributed by atoms with Crippen LogP contribution in [0.4, 0.5) is 0 Å². The predicted octanol–water partition coefficient (Wildman–Crippen LogP) is 4.47. The first kappa shape index (κ1) is 16.6. The van der Waals surface area contributed by atoms with Crippen molar-refractivity contribution in [2.75, 3.05) is 0 Å². The Morgan fingerprint density at radius 1 is 1.00 bits per heavy atom. The highest BCUT2D eigenvalue weighted by Gasteiger charge is 2.43. The number of benzene rings is 1. The molecule has 27 heavy (non-hydrogen) atoms. The molecule has 2 aromatic heterocycles. The van der Waals surface area contributed by atoms with Gasteiger partial charge in [0.15, 0.2) is 5.82 Å². The van der Waals surface area contributed by atoms with E-state index in [-0.39, 0.29) is 5.41 Å². The molecule has 0 N–H and O–H groups in total. The van der Waals surface area contributed by atoms with Crippen LogP contribution >= 0.6 is 0 Å². The summed E-state index contributed by atoms with van der Waals surface area (Å²) in [6.45, 7) is 2.07. The van der Waals surface area contributed by atoms with Crippen LogP contribution < -0.4 is 0 Å². The van der Waals surface area contributed by atoms with Gasteiger partial charge < -0.3 is 4.57 Å². The van der Waals surface area contributed by atoms with Crippen LogP contribution in [0.1, 0.15) is 50.0 Å². The van der Waals surface area contributed by atoms with Crippen LogP contribution in [-0.2, 0) is 12.5 Å². The summed E-state index contributed by atoms with van der Waals surface area (Å²) in [5, 5.41) is 0. The van der Waals surface area contributed by atoms with Crippen molar-refractivity contribution in [3.05, 3.63) is 48.3 Å². The Hall–Kier alpha value is -2.56. The van der Waals surface area contributed by atoms with Gasteiger partial charge in [-0.3, -0.25) is 0 Å². The van der Waals surface area contributed by atoms with Gasteiger partial charge in [0.25, 0.3) is 0 Å². The minimum absolute atomic E-state index is 0.181. The van der Waals surface area contributed by atoms with Crippen molar-refractivity contribution in [2.24, 2.45) is 13.0 Å². The van der Waals surface area contributed by atoms with E-state index in [1.165, 1.54) is 38.5 Å². The van der Waals surface area contributed by atoms with E-state index in [1.54, 1.807) is 6.33 Å². The SMILES string of the molecule is Cc1cnc(-c2cccc(-c3ncnc(C45CCC(CC4)CC5)n3)c2)n1C. The lowest BCUT2D eigenvalue weighted by atomic mass is 9.60. The highest BCUT2D eigenvalue weighted by atomic mass is 15.1. The number of hydrogen-bond acceptors (Lipinski definition) is 4. The summed E-state index contributed by atoms with van der Waals surface area (Å²) < 4.78 is 2.11. The molecule has 5 heteroatoms. The number of nitrogens with zero attached hydrogens (tertiary/aromatic N) is 5. The monoisotopic (exact) mass is 359 g/mol. The molecular weight excluding hydrogens is 334 g/mol. The largest absolute Gasteiger partial charge is 0.331 e. The van der Waals surface area contributed by atoms with Crippen LogP contribution in [0.2, 0.25) is 0 Å². The molecule has 0 atom stereocenters. The van der Waals surface area contributed by atoms with Gasteiger partial charge in [-0.05, 0) is 57.4 Å². The Bertz CT molecular complexity index is 968. The predicted molar refractivity (Wildman–Crippen MR) is 105 cm³/mol. The average Bonchev–Trinajstić information content (AvgIpc) is 3.08. The Labute approximate surface area is 159 Å². The second-order valence-electron chi connectivity index (χ2n) is 8.26. The highest BCUT2D eigenvalue weighted by molar-refractivity contribution is 5.66. The van der Waals surface area contributed by atoms with E-state index in [0.717, 1.165) is 40.2 Å². The summed E-state index contributed by atoms with van der Waals surface area (Å²) in [5.74, 6) is 3.68. The second-order valence-corrected chi connectivity index (χ2v) is 8.26. The van der Waals surface area contributed by atoms with E-state index in [0.29, 0.717) is 0 Å². The Balaban J connectivity index is 1.52. The third-order valence-corrected chi connectivity index (χ3v) is 6.74. The minimum atomic E-state index is 0.181. The summed E-state index contributed by atoms with van der Waals surface area (Å²) in [7, 11) is 2.05. The van der Waals surface area contributed by atoms with Gasteiger partial charge in [-0.1, -0.05) is 18.2 Å². The lowest BCUT2D eigenvalue weighted by molar-refractivity contribution is 0.128. The molecule has 6 rings (SSSR count). The molecule has 3 aliphatic rings. The van der Waals surface area contributed by atoms with E-state index in [2.05, 4.69) is 50.7 Å². The van der Waals surface area contributed by atoms with Gasteiger partial charge in [0.1, 0.15) is 18.0 Å². The maximum atomic E-state index is 4.95. The Morgan fingerprint density at radius 2 is 1.74 bits per heavy atom. The summed E-state index contributed by atoms with van der Waals surface area (Å²) in [4.78, 5) is 18.6. The molecule has 5 nitrogen and oxygen atoms in total. The summed E-state index contributed by atoms with van der Waals surface area (Å²) >= 11 is 0. The van der Waals surface area contributed by atoms with Crippen molar-refractivity contribution < 1.29 is 0 Å². The lowest BCUT2D eigenvalue weighted by Gasteiger charge is -2.45. The smallest absolute Gasteiger partial charge is 0.163 e. The average molecular weight is 359 g/mol. The Kier molecular flexibility index (Phi) is 3.85. The first-order valence-electron chi connectivity index (χ1n) is 9.93. The lowest BCUT2D eigenvalue weighted by Crippen LogP contribution is -2.39. The van der Waals surface area contributed by atoms with Crippen molar-refractivity contribution in [3.8, 4) is 22.8 Å². The number of rotatable bonds is 3. The molecule has 3 fully saturated rings. The zero-order valence-corrected chi connectivity index (χ0v) is 16.0. The van der Waals surface area contributed by atoms with E-state index >= 15 is 0 Å². The summed E-state index contributed by atoms with van der Waals surface area (Å²) in [6, 6.07) is 8.36. The van der Waals surface area contributed by atoms with Gasteiger partial charge in [-0.25, -0.2) is 19.9 Å². The summed E-state index contributed by atoms with van der Waals surface area (Å²) in [5.41, 5.74) is 3.44. The van der Waals surface area contributed by atoms with E-state index in [9.17, 15) is 0 Å².